The fourth-order valence-corrected chi connectivity index (χ4v) is 0.942. The summed E-state index contributed by atoms with van der Waals surface area (Å²) in [5, 5.41) is 9.21. The predicted octanol–water partition coefficient (Wildman–Crippen LogP) is 1.14. The van der Waals surface area contributed by atoms with Gasteiger partial charge in [0.15, 0.2) is 11.5 Å². The van der Waals surface area contributed by atoms with Crippen LogP contribution in [-0.2, 0) is 6.42 Å². The Kier molecular flexibility index (Phi) is 4.15. The summed E-state index contributed by atoms with van der Waals surface area (Å²) in [4.78, 5) is 0. The van der Waals surface area contributed by atoms with E-state index >= 15 is 0 Å². The second kappa shape index (κ2) is 4.62. The monoisotopic (exact) mass is 170 g/mol. The average molecular weight is 170 g/mol. The lowest BCUT2D eigenvalue weighted by Gasteiger charge is -2.03. The summed E-state index contributed by atoms with van der Waals surface area (Å²) in [7, 11) is 1.55. The zero-order valence-electron chi connectivity index (χ0n) is 7.29. The molecule has 0 amide bonds. The van der Waals surface area contributed by atoms with Crippen molar-refractivity contribution in [3.8, 4) is 11.5 Å². The van der Waals surface area contributed by atoms with Gasteiger partial charge in [0.2, 0.25) is 0 Å². The molecule has 0 radical (unpaired) electrons. The number of ether oxygens (including phenoxy) is 1. The molecule has 0 aliphatic rings. The van der Waals surface area contributed by atoms with Crippen molar-refractivity contribution >= 4 is 0 Å². The summed E-state index contributed by atoms with van der Waals surface area (Å²) in [5.74, 6) is 0.744. The molecular formula is C9H14O3. The van der Waals surface area contributed by atoms with E-state index < -0.39 is 0 Å². The maximum absolute atomic E-state index is 9.21. The number of hydrogen-bond donors (Lipinski definition) is 1. The van der Waals surface area contributed by atoms with Crippen molar-refractivity contribution in [2.45, 2.75) is 13.3 Å². The summed E-state index contributed by atoms with van der Waals surface area (Å²) in [6.07, 6.45) is 0.955. The maximum atomic E-state index is 9.21. The number of phenolic OH excluding ortho intramolecular Hbond substituents is 1. The van der Waals surface area contributed by atoms with E-state index in [2.05, 4.69) is 6.92 Å². The molecule has 0 fully saturated rings. The van der Waals surface area contributed by atoms with Gasteiger partial charge in [-0.2, -0.15) is 0 Å². The van der Waals surface area contributed by atoms with Crippen LogP contribution in [0.3, 0.4) is 0 Å². The molecule has 3 nitrogen and oxygen atoms in total. The van der Waals surface area contributed by atoms with Crippen LogP contribution in [0.2, 0.25) is 0 Å². The van der Waals surface area contributed by atoms with Crippen molar-refractivity contribution < 1.29 is 15.3 Å². The van der Waals surface area contributed by atoms with Gasteiger partial charge in [-0.3, -0.25) is 0 Å². The SMILES string of the molecule is CCc1ccc(O)c(OC)c1.O. The fourth-order valence-electron chi connectivity index (χ4n) is 0.942. The summed E-state index contributed by atoms with van der Waals surface area (Å²) in [5.41, 5.74) is 1.17. The molecule has 0 aliphatic heterocycles. The van der Waals surface area contributed by atoms with E-state index in [0.717, 1.165) is 6.42 Å². The van der Waals surface area contributed by atoms with Crippen molar-refractivity contribution in [3.63, 3.8) is 0 Å². The molecule has 0 aliphatic carbocycles. The Morgan fingerprint density at radius 3 is 2.58 bits per heavy atom. The second-order valence-corrected chi connectivity index (χ2v) is 2.36. The summed E-state index contributed by atoms with van der Waals surface area (Å²) >= 11 is 0. The Balaban J connectivity index is 0.00000121. The number of rotatable bonds is 2. The molecule has 0 heterocycles. The van der Waals surface area contributed by atoms with E-state index in [1.165, 1.54) is 5.56 Å². The smallest absolute Gasteiger partial charge is 0.160 e. The molecule has 68 valence electrons. The van der Waals surface area contributed by atoms with E-state index in [4.69, 9.17) is 4.74 Å². The van der Waals surface area contributed by atoms with Gasteiger partial charge in [0.1, 0.15) is 0 Å². The predicted molar refractivity (Wildman–Crippen MR) is 47.7 cm³/mol. The highest BCUT2D eigenvalue weighted by atomic mass is 16.5. The highest BCUT2D eigenvalue weighted by molar-refractivity contribution is 5.41. The first-order valence-corrected chi connectivity index (χ1v) is 3.63. The van der Waals surface area contributed by atoms with Gasteiger partial charge in [-0.15, -0.1) is 0 Å². The number of aryl methyl sites for hydroxylation is 1. The van der Waals surface area contributed by atoms with Crippen LogP contribution < -0.4 is 4.74 Å². The lowest BCUT2D eigenvalue weighted by molar-refractivity contribution is 0.373. The number of benzene rings is 1. The van der Waals surface area contributed by atoms with Gasteiger partial charge in [0, 0.05) is 0 Å². The number of methoxy groups -OCH3 is 1. The Morgan fingerprint density at radius 2 is 2.08 bits per heavy atom. The molecule has 0 bridgehead atoms. The minimum absolute atomic E-state index is 0. The average Bonchev–Trinajstić information content (AvgIpc) is 2.05. The van der Waals surface area contributed by atoms with Gasteiger partial charge in [-0.1, -0.05) is 13.0 Å². The Labute approximate surface area is 71.9 Å². The molecule has 0 aromatic heterocycles. The van der Waals surface area contributed by atoms with Crippen molar-refractivity contribution in [3.05, 3.63) is 23.8 Å². The molecule has 0 spiro atoms. The van der Waals surface area contributed by atoms with Gasteiger partial charge >= 0.3 is 0 Å². The first-order valence-electron chi connectivity index (χ1n) is 3.63. The van der Waals surface area contributed by atoms with Crippen molar-refractivity contribution in [2.24, 2.45) is 0 Å². The van der Waals surface area contributed by atoms with E-state index in [-0.39, 0.29) is 11.2 Å². The fraction of sp³-hybridized carbons (Fsp3) is 0.333. The highest BCUT2D eigenvalue weighted by Gasteiger charge is 1.99. The maximum Gasteiger partial charge on any atom is 0.160 e. The largest absolute Gasteiger partial charge is 0.504 e. The quantitative estimate of drug-likeness (QED) is 0.723. The van der Waals surface area contributed by atoms with Crippen LogP contribution >= 0.6 is 0 Å². The standard InChI is InChI=1S/C9H12O2.H2O/c1-3-7-4-5-8(10)9(6-7)11-2;/h4-6,10H,3H2,1-2H3;1H2. The first kappa shape index (κ1) is 10.8. The van der Waals surface area contributed by atoms with Crippen molar-refractivity contribution in [2.75, 3.05) is 7.11 Å². The molecule has 3 N–H and O–H groups in total. The lowest BCUT2D eigenvalue weighted by atomic mass is 10.1. The van der Waals surface area contributed by atoms with Crippen LogP contribution in [0.15, 0.2) is 18.2 Å². The molecule has 1 rings (SSSR count). The molecule has 1 aromatic carbocycles. The second-order valence-electron chi connectivity index (χ2n) is 2.36. The van der Waals surface area contributed by atoms with Gasteiger partial charge in [-0.25, -0.2) is 0 Å². The third-order valence-corrected chi connectivity index (χ3v) is 1.65. The van der Waals surface area contributed by atoms with Gasteiger partial charge < -0.3 is 15.3 Å². The molecule has 0 saturated heterocycles. The third kappa shape index (κ3) is 2.13. The van der Waals surface area contributed by atoms with Crippen molar-refractivity contribution in [1.29, 1.82) is 0 Å². The van der Waals surface area contributed by atoms with Crippen LogP contribution in [0, 0.1) is 0 Å². The Bertz CT molecular complexity index is 246. The number of aromatic hydroxyl groups is 1. The summed E-state index contributed by atoms with van der Waals surface area (Å²) in [6.45, 7) is 2.06. The molecule has 1 aromatic rings. The van der Waals surface area contributed by atoms with Gasteiger partial charge in [0.05, 0.1) is 7.11 Å². The molecule has 0 atom stereocenters. The third-order valence-electron chi connectivity index (χ3n) is 1.65. The topological polar surface area (TPSA) is 61.0 Å². The summed E-state index contributed by atoms with van der Waals surface area (Å²) < 4.78 is 4.94. The molecule has 3 heteroatoms. The molecular weight excluding hydrogens is 156 g/mol. The van der Waals surface area contributed by atoms with E-state index in [1.807, 2.05) is 12.1 Å². The van der Waals surface area contributed by atoms with Crippen LogP contribution in [0.5, 0.6) is 11.5 Å². The van der Waals surface area contributed by atoms with Gasteiger partial charge in [-0.05, 0) is 24.1 Å². The van der Waals surface area contributed by atoms with Crippen LogP contribution in [0.4, 0.5) is 0 Å². The molecule has 12 heavy (non-hydrogen) atoms. The molecule has 0 saturated carbocycles. The highest BCUT2D eigenvalue weighted by Crippen LogP contribution is 2.26. The zero-order valence-corrected chi connectivity index (χ0v) is 7.29. The minimum Gasteiger partial charge on any atom is -0.504 e. The normalized spacial score (nSPS) is 8.83. The van der Waals surface area contributed by atoms with E-state index in [9.17, 15) is 5.11 Å². The lowest BCUT2D eigenvalue weighted by Crippen LogP contribution is -1.86. The van der Waals surface area contributed by atoms with E-state index in [0.29, 0.717) is 5.75 Å². The number of hydrogen-bond acceptors (Lipinski definition) is 2. The minimum atomic E-state index is 0. The van der Waals surface area contributed by atoms with Crippen molar-refractivity contribution in [1.82, 2.24) is 0 Å². The zero-order chi connectivity index (χ0) is 8.27. The Morgan fingerprint density at radius 1 is 1.42 bits per heavy atom. The Hall–Kier alpha value is -1.22. The van der Waals surface area contributed by atoms with Crippen LogP contribution in [0.1, 0.15) is 12.5 Å². The van der Waals surface area contributed by atoms with Crippen LogP contribution in [0.25, 0.3) is 0 Å². The van der Waals surface area contributed by atoms with Crippen LogP contribution in [-0.4, -0.2) is 17.7 Å². The number of phenols is 1. The van der Waals surface area contributed by atoms with E-state index in [1.54, 1.807) is 13.2 Å². The van der Waals surface area contributed by atoms with Gasteiger partial charge in [0.25, 0.3) is 0 Å². The molecule has 0 unspecified atom stereocenters. The first-order chi connectivity index (χ1) is 5.27. The summed E-state index contributed by atoms with van der Waals surface area (Å²) in [6, 6.07) is 5.38.